The molecule has 0 amide bonds. The van der Waals surface area contributed by atoms with Crippen molar-refractivity contribution in [3.05, 3.63) is 0 Å². The monoisotopic (exact) mass is 236 g/mol. The molecule has 0 rings (SSSR count). The van der Waals surface area contributed by atoms with E-state index in [2.05, 4.69) is 20.4 Å². The van der Waals surface area contributed by atoms with E-state index in [9.17, 15) is 0 Å². The van der Waals surface area contributed by atoms with E-state index >= 15 is 0 Å². The van der Waals surface area contributed by atoms with Gasteiger partial charge in [-0.1, -0.05) is 13.8 Å². The summed E-state index contributed by atoms with van der Waals surface area (Å²) in [6.07, 6.45) is 1.82. The van der Waals surface area contributed by atoms with E-state index in [1.54, 1.807) is 0 Å². The smallest absolute Gasteiger partial charge is 0.355 e. The Kier molecular flexibility index (Phi) is 8.55. The van der Waals surface area contributed by atoms with Crippen molar-refractivity contribution in [1.29, 1.82) is 0 Å². The highest BCUT2D eigenvalue weighted by molar-refractivity contribution is 6.69. The topological polar surface area (TPSA) is 79.5 Å². The Morgan fingerprint density at radius 2 is 1.33 bits per heavy atom. The van der Waals surface area contributed by atoms with Gasteiger partial charge in [0.05, 0.1) is 5.16 Å². The predicted octanol–water partition coefficient (Wildman–Crippen LogP) is 2.35. The summed E-state index contributed by atoms with van der Waals surface area (Å²) in [4.78, 5) is 0. The zero-order valence-corrected chi connectivity index (χ0v) is 11.9. The zero-order valence-electron chi connectivity index (χ0n) is 10.9. The van der Waals surface area contributed by atoms with Gasteiger partial charge in [0.25, 0.3) is 0 Å². The van der Waals surface area contributed by atoms with Crippen molar-refractivity contribution >= 4 is 8.56 Å². The molecule has 0 aromatic rings. The fraction of sp³-hybridized carbons (Fsp3) is 1.00. The van der Waals surface area contributed by atoms with Crippen LogP contribution in [0.2, 0.25) is 6.55 Å². The lowest BCUT2D eigenvalue weighted by atomic mass is 10.2. The van der Waals surface area contributed by atoms with Crippen molar-refractivity contribution < 1.29 is 8.85 Å². The van der Waals surface area contributed by atoms with Gasteiger partial charge >= 0.3 is 8.56 Å². The Labute approximate surface area is 95.4 Å². The molecule has 4 nitrogen and oxygen atoms in total. The molecule has 0 saturated heterocycles. The summed E-state index contributed by atoms with van der Waals surface area (Å²) < 4.78 is 11.6. The van der Waals surface area contributed by atoms with Crippen LogP contribution in [0.4, 0.5) is 0 Å². The van der Waals surface area contributed by atoms with Crippen LogP contribution >= 0.6 is 0 Å². The van der Waals surface area contributed by atoms with Gasteiger partial charge < -0.3 is 20.7 Å². The van der Waals surface area contributed by atoms with E-state index in [1.165, 1.54) is 0 Å². The van der Waals surface area contributed by atoms with E-state index in [0.717, 1.165) is 12.8 Å². The Bertz CT molecular complexity index is 158. The van der Waals surface area contributed by atoms with Gasteiger partial charge in [-0.05, 0) is 33.2 Å². The lowest BCUT2D eigenvalue weighted by Crippen LogP contribution is -2.65. The molecule has 0 aliphatic rings. The third-order valence-corrected chi connectivity index (χ3v) is 7.20. The lowest BCUT2D eigenvalue weighted by molar-refractivity contribution is 0.156. The van der Waals surface area contributed by atoms with Crippen molar-refractivity contribution in [2.75, 3.05) is 13.2 Å². The molecule has 0 atom stereocenters. The van der Waals surface area contributed by atoms with Crippen molar-refractivity contribution in [3.63, 3.8) is 0 Å². The molecular formula is C10H28N2O2Si. The van der Waals surface area contributed by atoms with E-state index in [-0.39, 0.29) is 11.3 Å². The van der Waals surface area contributed by atoms with E-state index in [0.29, 0.717) is 13.2 Å². The average Bonchev–Trinajstić information content (AvgIpc) is 2.17. The largest absolute Gasteiger partial charge is 0.394 e. The van der Waals surface area contributed by atoms with E-state index < -0.39 is 8.56 Å². The summed E-state index contributed by atoms with van der Waals surface area (Å²) in [5.41, 5.74) is 6.36. The maximum Gasteiger partial charge on any atom is 0.355 e. The van der Waals surface area contributed by atoms with Gasteiger partial charge in [-0.3, -0.25) is 0 Å². The molecule has 94 valence electrons. The van der Waals surface area contributed by atoms with Crippen LogP contribution in [0.15, 0.2) is 0 Å². The number of rotatable bonds is 7. The molecule has 0 aliphatic heterocycles. The first-order chi connectivity index (χ1) is 6.49. The molecule has 5 N–H and O–H groups in total. The highest BCUT2D eigenvalue weighted by Gasteiger charge is 2.49. The molecule has 0 aromatic heterocycles. The van der Waals surface area contributed by atoms with Gasteiger partial charge in [-0.2, -0.15) is 0 Å². The standard InChI is InChI=1S/C10H25NO2Si.H3N/c1-6-10(11,7-2)14(5,12-8-3)13-9-4;/h6-9,11H2,1-5H3;1H3. The maximum atomic E-state index is 6.36. The third-order valence-electron chi connectivity index (χ3n) is 3.01. The SMILES string of the molecule is CCO[Si](C)(OCC)C(N)(CC)CC.N. The van der Waals surface area contributed by atoms with Gasteiger partial charge in [0, 0.05) is 13.2 Å². The van der Waals surface area contributed by atoms with Crippen LogP contribution in [0.25, 0.3) is 0 Å². The van der Waals surface area contributed by atoms with E-state index in [1.807, 2.05) is 13.8 Å². The predicted molar refractivity (Wildman–Crippen MR) is 67.4 cm³/mol. The van der Waals surface area contributed by atoms with Gasteiger partial charge in [-0.25, -0.2) is 0 Å². The molecule has 0 aromatic carbocycles. The first-order valence-electron chi connectivity index (χ1n) is 5.56. The normalized spacial score (nSPS) is 12.4. The third kappa shape index (κ3) is 3.84. The maximum absolute atomic E-state index is 6.36. The zero-order chi connectivity index (χ0) is 11.2. The van der Waals surface area contributed by atoms with Crippen LogP contribution in [-0.4, -0.2) is 26.9 Å². The first-order valence-corrected chi connectivity index (χ1v) is 7.88. The average molecular weight is 236 g/mol. The quantitative estimate of drug-likeness (QED) is 0.665. The van der Waals surface area contributed by atoms with Crippen LogP contribution in [0.3, 0.4) is 0 Å². The van der Waals surface area contributed by atoms with Crippen LogP contribution in [0.1, 0.15) is 40.5 Å². The van der Waals surface area contributed by atoms with Crippen molar-refractivity contribution in [2.45, 2.75) is 52.2 Å². The Balaban J connectivity index is 0. The van der Waals surface area contributed by atoms with Gasteiger partial charge in [0.1, 0.15) is 0 Å². The summed E-state index contributed by atoms with van der Waals surface area (Å²) in [6.45, 7) is 11.6. The molecule has 0 fully saturated rings. The molecule has 0 spiro atoms. The molecule has 5 heteroatoms. The Morgan fingerprint density at radius 1 is 1.00 bits per heavy atom. The van der Waals surface area contributed by atoms with Gasteiger partial charge in [-0.15, -0.1) is 0 Å². The number of hydrogen-bond donors (Lipinski definition) is 2. The first kappa shape index (κ1) is 17.5. The minimum atomic E-state index is -2.23. The molecule has 15 heavy (non-hydrogen) atoms. The van der Waals surface area contributed by atoms with Crippen LogP contribution < -0.4 is 11.9 Å². The van der Waals surface area contributed by atoms with Crippen molar-refractivity contribution in [3.8, 4) is 0 Å². The summed E-state index contributed by atoms with van der Waals surface area (Å²) in [6, 6.07) is 0. The number of hydrogen-bond acceptors (Lipinski definition) is 4. The molecule has 0 unspecified atom stereocenters. The molecule has 0 bridgehead atoms. The molecule has 0 heterocycles. The lowest BCUT2D eigenvalue weighted by Gasteiger charge is -2.41. The second-order valence-electron chi connectivity index (χ2n) is 3.67. The number of nitrogens with two attached hydrogens (primary N) is 1. The van der Waals surface area contributed by atoms with Gasteiger partial charge in [0.2, 0.25) is 0 Å². The Hall–Kier alpha value is 0.0569. The van der Waals surface area contributed by atoms with Crippen LogP contribution in [0, 0.1) is 0 Å². The summed E-state index contributed by atoms with van der Waals surface area (Å²) >= 11 is 0. The minimum absolute atomic E-state index is 0. The van der Waals surface area contributed by atoms with Gasteiger partial charge in [0.15, 0.2) is 0 Å². The second kappa shape index (κ2) is 7.35. The van der Waals surface area contributed by atoms with Crippen molar-refractivity contribution in [1.82, 2.24) is 6.15 Å². The Morgan fingerprint density at radius 3 is 1.53 bits per heavy atom. The molecule has 0 radical (unpaired) electrons. The second-order valence-corrected chi connectivity index (χ2v) is 7.14. The minimum Gasteiger partial charge on any atom is -0.394 e. The summed E-state index contributed by atoms with van der Waals surface area (Å²) in [5, 5.41) is -0.265. The van der Waals surface area contributed by atoms with Crippen LogP contribution in [0.5, 0.6) is 0 Å². The highest BCUT2D eigenvalue weighted by Crippen LogP contribution is 2.27. The molecular weight excluding hydrogens is 208 g/mol. The molecule has 0 saturated carbocycles. The highest BCUT2D eigenvalue weighted by atomic mass is 28.4. The summed E-state index contributed by atoms with van der Waals surface area (Å²) in [7, 11) is -2.23. The van der Waals surface area contributed by atoms with E-state index in [4.69, 9.17) is 14.6 Å². The fourth-order valence-corrected chi connectivity index (χ4v) is 4.82. The molecule has 0 aliphatic carbocycles. The van der Waals surface area contributed by atoms with Crippen LogP contribution in [-0.2, 0) is 8.85 Å². The fourth-order valence-electron chi connectivity index (χ4n) is 1.77. The van der Waals surface area contributed by atoms with Crippen molar-refractivity contribution in [2.24, 2.45) is 5.73 Å². The summed E-state index contributed by atoms with van der Waals surface area (Å²) in [5.74, 6) is 0.